The molecule has 0 saturated carbocycles. The smallest absolute Gasteiger partial charge is 0.337 e. The highest BCUT2D eigenvalue weighted by Gasteiger charge is 2.13. The van der Waals surface area contributed by atoms with Crippen molar-refractivity contribution in [3.63, 3.8) is 0 Å². The Balaban J connectivity index is 2.01. The molecule has 0 radical (unpaired) electrons. The third kappa shape index (κ3) is 4.82. The Hall–Kier alpha value is -2.34. The fraction of sp³-hybridized carbons (Fsp3) is 0.176. The first-order valence-corrected chi connectivity index (χ1v) is 7.83. The Bertz CT molecular complexity index is 730. The molecule has 2 rings (SSSR count). The molecule has 2 aromatic carbocycles. The normalized spacial score (nSPS) is 10.2. The lowest BCUT2D eigenvalue weighted by atomic mass is 10.2. The van der Waals surface area contributed by atoms with Gasteiger partial charge in [0.05, 0.1) is 11.3 Å². The van der Waals surface area contributed by atoms with Gasteiger partial charge in [-0.05, 0) is 42.3 Å². The fourth-order valence-corrected chi connectivity index (χ4v) is 2.35. The standard InChI is InChI=1S/C17H16BrNO4/c1-2-11-4-3-5-13(8-11)23-10-16(20)19-15-7-6-12(18)9-14(15)17(21)22/h3-9H,2,10H2,1H3,(H,19,20)(H,21,22). The number of carbonyl (C=O) groups is 2. The molecule has 0 unspecified atom stereocenters. The summed E-state index contributed by atoms with van der Waals surface area (Å²) in [5.41, 5.74) is 1.36. The maximum atomic E-state index is 12.0. The minimum atomic E-state index is -1.11. The van der Waals surface area contributed by atoms with E-state index >= 15 is 0 Å². The van der Waals surface area contributed by atoms with Crippen molar-refractivity contribution >= 4 is 33.5 Å². The maximum absolute atomic E-state index is 12.0. The minimum absolute atomic E-state index is 0.0145. The van der Waals surface area contributed by atoms with Gasteiger partial charge in [-0.1, -0.05) is 35.0 Å². The molecule has 2 aromatic rings. The number of rotatable bonds is 6. The summed E-state index contributed by atoms with van der Waals surface area (Å²) in [5, 5.41) is 11.7. The Morgan fingerprint density at radius 2 is 2.00 bits per heavy atom. The van der Waals surface area contributed by atoms with Crippen LogP contribution in [0.2, 0.25) is 0 Å². The first-order chi connectivity index (χ1) is 11.0. The summed E-state index contributed by atoms with van der Waals surface area (Å²) in [5.74, 6) is -0.927. The van der Waals surface area contributed by atoms with Crippen molar-refractivity contribution in [1.29, 1.82) is 0 Å². The number of amides is 1. The monoisotopic (exact) mass is 377 g/mol. The highest BCUT2D eigenvalue weighted by Crippen LogP contribution is 2.21. The summed E-state index contributed by atoms with van der Waals surface area (Å²) in [6, 6.07) is 12.1. The summed E-state index contributed by atoms with van der Waals surface area (Å²) < 4.78 is 6.06. The number of hydrogen-bond acceptors (Lipinski definition) is 3. The third-order valence-corrected chi connectivity index (χ3v) is 3.66. The van der Waals surface area contributed by atoms with E-state index in [1.165, 1.54) is 12.1 Å². The topological polar surface area (TPSA) is 75.6 Å². The van der Waals surface area contributed by atoms with E-state index in [0.29, 0.717) is 10.2 Å². The number of aryl methyl sites for hydroxylation is 1. The van der Waals surface area contributed by atoms with Crippen molar-refractivity contribution in [3.05, 3.63) is 58.1 Å². The van der Waals surface area contributed by atoms with Gasteiger partial charge in [0.25, 0.3) is 5.91 Å². The quantitative estimate of drug-likeness (QED) is 0.803. The van der Waals surface area contributed by atoms with Crippen molar-refractivity contribution in [2.24, 2.45) is 0 Å². The summed E-state index contributed by atoms with van der Waals surface area (Å²) in [6.45, 7) is 1.84. The molecule has 120 valence electrons. The van der Waals surface area contributed by atoms with Gasteiger partial charge in [-0.3, -0.25) is 4.79 Å². The molecule has 0 atom stereocenters. The molecule has 0 fully saturated rings. The molecule has 23 heavy (non-hydrogen) atoms. The van der Waals surface area contributed by atoms with E-state index in [2.05, 4.69) is 21.2 Å². The van der Waals surface area contributed by atoms with Crippen LogP contribution in [0.1, 0.15) is 22.8 Å². The Morgan fingerprint density at radius 1 is 1.22 bits per heavy atom. The van der Waals surface area contributed by atoms with Crippen LogP contribution in [0.25, 0.3) is 0 Å². The molecule has 2 N–H and O–H groups in total. The van der Waals surface area contributed by atoms with Crippen molar-refractivity contribution in [1.82, 2.24) is 0 Å². The molecule has 0 aromatic heterocycles. The summed E-state index contributed by atoms with van der Waals surface area (Å²) in [7, 11) is 0. The first kappa shape index (κ1) is 17.0. The van der Waals surface area contributed by atoms with Gasteiger partial charge in [0, 0.05) is 4.47 Å². The van der Waals surface area contributed by atoms with E-state index in [0.717, 1.165) is 12.0 Å². The summed E-state index contributed by atoms with van der Waals surface area (Å²) >= 11 is 3.20. The van der Waals surface area contributed by atoms with E-state index in [-0.39, 0.29) is 17.9 Å². The number of aromatic carboxylic acids is 1. The average molecular weight is 378 g/mol. The predicted molar refractivity (Wildman–Crippen MR) is 91.0 cm³/mol. The van der Waals surface area contributed by atoms with Crippen LogP contribution < -0.4 is 10.1 Å². The highest BCUT2D eigenvalue weighted by atomic mass is 79.9. The number of carboxylic acids is 1. The van der Waals surface area contributed by atoms with Gasteiger partial charge < -0.3 is 15.2 Å². The molecular formula is C17H16BrNO4. The lowest BCUT2D eigenvalue weighted by Crippen LogP contribution is -2.21. The fourth-order valence-electron chi connectivity index (χ4n) is 1.99. The predicted octanol–water partition coefficient (Wildman–Crippen LogP) is 3.73. The Kier molecular flexibility index (Phi) is 5.76. The second-order valence-corrected chi connectivity index (χ2v) is 5.75. The molecule has 0 spiro atoms. The number of carbonyl (C=O) groups excluding carboxylic acids is 1. The van der Waals surface area contributed by atoms with Crippen LogP contribution in [0, 0.1) is 0 Å². The van der Waals surface area contributed by atoms with Crippen LogP contribution in [-0.2, 0) is 11.2 Å². The first-order valence-electron chi connectivity index (χ1n) is 7.04. The Morgan fingerprint density at radius 3 is 2.70 bits per heavy atom. The third-order valence-electron chi connectivity index (χ3n) is 3.16. The maximum Gasteiger partial charge on any atom is 0.337 e. The molecule has 0 saturated heterocycles. The van der Waals surface area contributed by atoms with Crippen molar-refractivity contribution in [2.75, 3.05) is 11.9 Å². The Labute approximate surface area is 142 Å². The summed E-state index contributed by atoms with van der Waals surface area (Å²) in [4.78, 5) is 23.2. The van der Waals surface area contributed by atoms with Gasteiger partial charge in [-0.2, -0.15) is 0 Å². The van der Waals surface area contributed by atoms with Gasteiger partial charge in [0.1, 0.15) is 5.75 Å². The zero-order valence-corrected chi connectivity index (χ0v) is 14.1. The minimum Gasteiger partial charge on any atom is -0.484 e. The zero-order chi connectivity index (χ0) is 16.8. The number of hydrogen-bond donors (Lipinski definition) is 2. The molecule has 0 aliphatic heterocycles. The van der Waals surface area contributed by atoms with Crippen molar-refractivity contribution < 1.29 is 19.4 Å². The lowest BCUT2D eigenvalue weighted by molar-refractivity contribution is -0.118. The largest absolute Gasteiger partial charge is 0.484 e. The molecule has 1 amide bonds. The zero-order valence-electron chi connectivity index (χ0n) is 12.5. The summed E-state index contributed by atoms with van der Waals surface area (Å²) in [6.07, 6.45) is 0.879. The van der Waals surface area contributed by atoms with E-state index < -0.39 is 11.9 Å². The van der Waals surface area contributed by atoms with E-state index in [1.54, 1.807) is 12.1 Å². The number of anilines is 1. The lowest BCUT2D eigenvalue weighted by Gasteiger charge is -2.10. The van der Waals surface area contributed by atoms with Crippen LogP contribution in [0.5, 0.6) is 5.75 Å². The van der Waals surface area contributed by atoms with E-state index in [1.807, 2.05) is 25.1 Å². The van der Waals surface area contributed by atoms with Gasteiger partial charge in [-0.15, -0.1) is 0 Å². The van der Waals surface area contributed by atoms with E-state index in [9.17, 15) is 9.59 Å². The van der Waals surface area contributed by atoms with Gasteiger partial charge >= 0.3 is 5.97 Å². The number of halogens is 1. The van der Waals surface area contributed by atoms with Crippen LogP contribution in [0.15, 0.2) is 46.9 Å². The second-order valence-electron chi connectivity index (χ2n) is 4.83. The van der Waals surface area contributed by atoms with Gasteiger partial charge in [0.2, 0.25) is 0 Å². The van der Waals surface area contributed by atoms with Gasteiger partial charge in [0.15, 0.2) is 6.61 Å². The average Bonchev–Trinajstić information content (AvgIpc) is 2.54. The molecule has 0 aliphatic carbocycles. The van der Waals surface area contributed by atoms with Crippen molar-refractivity contribution in [2.45, 2.75) is 13.3 Å². The SMILES string of the molecule is CCc1cccc(OCC(=O)Nc2ccc(Br)cc2C(=O)O)c1. The van der Waals surface area contributed by atoms with Crippen LogP contribution >= 0.6 is 15.9 Å². The number of nitrogens with one attached hydrogen (secondary N) is 1. The number of carboxylic acid groups (broad SMARTS) is 1. The highest BCUT2D eigenvalue weighted by molar-refractivity contribution is 9.10. The van der Waals surface area contributed by atoms with Crippen LogP contribution in [-0.4, -0.2) is 23.6 Å². The molecule has 0 bridgehead atoms. The molecule has 0 heterocycles. The molecule has 0 aliphatic rings. The second kappa shape index (κ2) is 7.78. The van der Waals surface area contributed by atoms with Crippen molar-refractivity contribution in [3.8, 4) is 5.75 Å². The number of benzene rings is 2. The van der Waals surface area contributed by atoms with Gasteiger partial charge in [-0.25, -0.2) is 4.79 Å². The molecule has 6 heteroatoms. The molecular weight excluding hydrogens is 362 g/mol. The van der Waals surface area contributed by atoms with Crippen LogP contribution in [0.3, 0.4) is 0 Å². The molecule has 5 nitrogen and oxygen atoms in total. The number of ether oxygens (including phenoxy) is 1. The van der Waals surface area contributed by atoms with Crippen LogP contribution in [0.4, 0.5) is 5.69 Å². The van der Waals surface area contributed by atoms with E-state index in [4.69, 9.17) is 9.84 Å².